The molecule has 1 saturated carbocycles. The summed E-state index contributed by atoms with van der Waals surface area (Å²) in [5.41, 5.74) is 6.19. The number of carbonyl (C=O) groups excluding carboxylic acids is 1. The predicted molar refractivity (Wildman–Crippen MR) is 126 cm³/mol. The average Bonchev–Trinajstić information content (AvgIpc) is 3.62. The molecule has 172 valence electrons. The third kappa shape index (κ3) is 5.19. The zero-order chi connectivity index (χ0) is 22.9. The molecule has 0 unspecified atom stereocenters. The lowest BCUT2D eigenvalue weighted by atomic mass is 9.80. The molecule has 3 N–H and O–H groups in total. The maximum absolute atomic E-state index is 12.5. The third-order valence-electron chi connectivity index (χ3n) is 6.02. The van der Waals surface area contributed by atoms with Crippen molar-refractivity contribution in [2.75, 3.05) is 24.5 Å². The Kier molecular flexibility index (Phi) is 6.67. The number of sulfonamides is 1. The Morgan fingerprint density at radius 3 is 2.59 bits per heavy atom. The molecule has 1 aromatic heterocycles. The summed E-state index contributed by atoms with van der Waals surface area (Å²) in [5, 5.41) is 0.326. The number of nitrogens with zero attached hydrogens (tertiary/aromatic N) is 3. The van der Waals surface area contributed by atoms with Gasteiger partial charge >= 0.3 is 0 Å². The molecule has 1 saturated heterocycles. The second kappa shape index (κ2) is 9.17. The molecule has 0 atom stereocenters. The van der Waals surface area contributed by atoms with Crippen LogP contribution in [0.3, 0.4) is 0 Å². The fraction of sp³-hybridized carbons (Fsp3) is 0.476. The molecule has 11 heteroatoms. The van der Waals surface area contributed by atoms with Crippen LogP contribution in [0.15, 0.2) is 40.5 Å². The van der Waals surface area contributed by atoms with Crippen LogP contribution >= 0.6 is 23.4 Å². The van der Waals surface area contributed by atoms with Gasteiger partial charge in [-0.1, -0.05) is 36.4 Å². The highest BCUT2D eigenvalue weighted by Crippen LogP contribution is 2.36. The Balaban J connectivity index is 1.43. The normalized spacial score (nSPS) is 18.4. The van der Waals surface area contributed by atoms with E-state index in [1.807, 2.05) is 0 Å². The number of nitrogens with one attached hydrogen (secondary N) is 1. The molecule has 1 aliphatic heterocycles. The smallest absolute Gasteiger partial charge is 0.266 e. The molecule has 2 fully saturated rings. The average molecular weight is 496 g/mol. The van der Waals surface area contributed by atoms with Gasteiger partial charge in [-0.2, -0.15) is 0 Å². The van der Waals surface area contributed by atoms with Gasteiger partial charge in [0.1, 0.15) is 10.8 Å². The van der Waals surface area contributed by atoms with Crippen molar-refractivity contribution in [3.8, 4) is 0 Å². The minimum absolute atomic E-state index is 0.113. The van der Waals surface area contributed by atoms with E-state index >= 15 is 0 Å². The van der Waals surface area contributed by atoms with E-state index in [-0.39, 0.29) is 16.0 Å². The Morgan fingerprint density at radius 2 is 2.00 bits per heavy atom. The van der Waals surface area contributed by atoms with Crippen molar-refractivity contribution in [2.45, 2.75) is 47.8 Å². The lowest BCUT2D eigenvalue weighted by Gasteiger charge is -2.39. The molecule has 1 amide bonds. The topological polar surface area (TPSA) is 118 Å². The van der Waals surface area contributed by atoms with Crippen molar-refractivity contribution >= 4 is 45.1 Å². The van der Waals surface area contributed by atoms with Crippen molar-refractivity contribution in [3.63, 3.8) is 0 Å². The summed E-state index contributed by atoms with van der Waals surface area (Å²) in [7, 11) is -3.65. The van der Waals surface area contributed by atoms with E-state index in [0.29, 0.717) is 29.3 Å². The standard InChI is InChI=1S/C21H26ClN5O3S2/c1-21(13-23)7-9-27(10-8-21)17-11-25-18(12-24-17)31-16-4-2-3-15(19(16)22)20(28)26-32(29,30)14-5-6-14/h2-4,11-12,14H,5-10,13,23H2,1H3,(H,26,28). The first-order valence-electron chi connectivity index (χ1n) is 10.5. The van der Waals surface area contributed by atoms with Crippen molar-refractivity contribution in [3.05, 3.63) is 41.2 Å². The van der Waals surface area contributed by atoms with Gasteiger partial charge in [0, 0.05) is 18.0 Å². The zero-order valence-corrected chi connectivity index (χ0v) is 20.1. The first-order chi connectivity index (χ1) is 15.2. The summed E-state index contributed by atoms with van der Waals surface area (Å²) in [6.45, 7) is 4.69. The van der Waals surface area contributed by atoms with E-state index in [2.05, 4.69) is 26.5 Å². The van der Waals surface area contributed by atoms with Gasteiger partial charge in [-0.25, -0.2) is 23.1 Å². The molecule has 2 heterocycles. The van der Waals surface area contributed by atoms with Crippen LogP contribution in [-0.4, -0.2) is 49.2 Å². The molecule has 32 heavy (non-hydrogen) atoms. The van der Waals surface area contributed by atoms with Crippen molar-refractivity contribution in [1.29, 1.82) is 0 Å². The Labute approximate surface area is 197 Å². The second-order valence-corrected chi connectivity index (χ2v) is 12.0. The Bertz CT molecular complexity index is 1100. The number of nitrogens with two attached hydrogens (primary N) is 1. The van der Waals surface area contributed by atoms with Gasteiger partial charge < -0.3 is 10.6 Å². The van der Waals surface area contributed by atoms with E-state index in [4.69, 9.17) is 17.3 Å². The molecule has 4 rings (SSSR count). The summed E-state index contributed by atoms with van der Waals surface area (Å²) in [5.74, 6) is 0.0956. The third-order valence-corrected chi connectivity index (χ3v) is 9.34. The van der Waals surface area contributed by atoms with Gasteiger partial charge in [0.05, 0.1) is 28.2 Å². The van der Waals surface area contributed by atoms with Crippen molar-refractivity contribution in [2.24, 2.45) is 11.1 Å². The van der Waals surface area contributed by atoms with Crippen molar-refractivity contribution in [1.82, 2.24) is 14.7 Å². The minimum atomic E-state index is -3.65. The molecule has 8 nitrogen and oxygen atoms in total. The van der Waals surface area contributed by atoms with Crippen LogP contribution in [0.5, 0.6) is 0 Å². The van der Waals surface area contributed by atoms with E-state index in [1.54, 1.807) is 24.5 Å². The largest absolute Gasteiger partial charge is 0.355 e. The number of piperidine rings is 1. The van der Waals surface area contributed by atoms with Crippen LogP contribution in [0, 0.1) is 5.41 Å². The first-order valence-corrected chi connectivity index (χ1v) is 13.2. The molecular weight excluding hydrogens is 470 g/mol. The fourth-order valence-corrected chi connectivity index (χ4v) is 5.93. The maximum atomic E-state index is 12.5. The molecule has 1 aliphatic carbocycles. The highest BCUT2D eigenvalue weighted by molar-refractivity contribution is 7.99. The number of anilines is 1. The molecule has 2 aliphatic rings. The van der Waals surface area contributed by atoms with Gasteiger partial charge in [-0.05, 0) is 49.8 Å². The van der Waals surface area contributed by atoms with E-state index in [0.717, 1.165) is 31.7 Å². The summed E-state index contributed by atoms with van der Waals surface area (Å²) in [6, 6.07) is 4.92. The van der Waals surface area contributed by atoms with Crippen LogP contribution in [0.25, 0.3) is 0 Å². The number of hydrogen-bond donors (Lipinski definition) is 2. The lowest BCUT2D eigenvalue weighted by Crippen LogP contribution is -2.42. The highest BCUT2D eigenvalue weighted by Gasteiger charge is 2.37. The summed E-state index contributed by atoms with van der Waals surface area (Å²) in [6.07, 6.45) is 6.60. The van der Waals surface area contributed by atoms with Gasteiger partial charge in [0.2, 0.25) is 10.0 Å². The first kappa shape index (κ1) is 23.3. The number of hydrogen-bond acceptors (Lipinski definition) is 8. The van der Waals surface area contributed by atoms with Crippen molar-refractivity contribution < 1.29 is 13.2 Å². The van der Waals surface area contributed by atoms with E-state index < -0.39 is 21.2 Å². The van der Waals surface area contributed by atoms with Crippen LogP contribution in [0.2, 0.25) is 5.02 Å². The predicted octanol–water partition coefficient (Wildman–Crippen LogP) is 3.07. The number of amides is 1. The zero-order valence-electron chi connectivity index (χ0n) is 17.8. The van der Waals surface area contributed by atoms with Gasteiger partial charge in [0.25, 0.3) is 5.91 Å². The number of halogens is 1. The Hall–Kier alpha value is -1.88. The van der Waals surface area contributed by atoms with E-state index in [9.17, 15) is 13.2 Å². The molecular formula is C21H26ClN5O3S2. The number of carbonyl (C=O) groups is 1. The molecule has 0 bridgehead atoms. The summed E-state index contributed by atoms with van der Waals surface area (Å²) < 4.78 is 26.3. The molecule has 2 aromatic rings. The van der Waals surface area contributed by atoms with Crippen LogP contribution in [0.1, 0.15) is 43.0 Å². The van der Waals surface area contributed by atoms with Crippen LogP contribution in [0.4, 0.5) is 5.82 Å². The molecule has 0 radical (unpaired) electrons. The minimum Gasteiger partial charge on any atom is -0.355 e. The number of aromatic nitrogens is 2. The Morgan fingerprint density at radius 1 is 1.28 bits per heavy atom. The number of benzene rings is 1. The fourth-order valence-electron chi connectivity index (χ4n) is 3.53. The monoisotopic (exact) mass is 495 g/mol. The quantitative estimate of drug-likeness (QED) is 0.601. The van der Waals surface area contributed by atoms with Gasteiger partial charge in [-0.3, -0.25) is 4.79 Å². The molecule has 0 spiro atoms. The molecule has 1 aromatic carbocycles. The van der Waals surface area contributed by atoms with E-state index in [1.165, 1.54) is 17.8 Å². The summed E-state index contributed by atoms with van der Waals surface area (Å²) in [4.78, 5) is 24.3. The highest BCUT2D eigenvalue weighted by atomic mass is 35.5. The summed E-state index contributed by atoms with van der Waals surface area (Å²) >= 11 is 7.70. The lowest BCUT2D eigenvalue weighted by molar-refractivity contribution is 0.0981. The van der Waals surface area contributed by atoms with Crippen LogP contribution in [-0.2, 0) is 10.0 Å². The SMILES string of the molecule is CC1(CN)CCN(c2cnc(Sc3cccc(C(=O)NS(=O)(=O)C4CC4)c3Cl)cn2)CC1. The van der Waals surface area contributed by atoms with Crippen LogP contribution < -0.4 is 15.4 Å². The second-order valence-electron chi connectivity index (χ2n) is 8.61. The van der Waals surface area contributed by atoms with Gasteiger partial charge in [-0.15, -0.1) is 0 Å². The number of rotatable bonds is 7. The maximum Gasteiger partial charge on any atom is 0.266 e. The van der Waals surface area contributed by atoms with Gasteiger partial charge in [0.15, 0.2) is 0 Å².